The molecule has 0 radical (unpaired) electrons. The molecular weight excluding hydrogens is 499 g/mol. The third kappa shape index (κ3) is 5.22. The van der Waals surface area contributed by atoms with Gasteiger partial charge in [-0.3, -0.25) is 24.6 Å². The van der Waals surface area contributed by atoms with Crippen molar-refractivity contribution < 1.29 is 23.5 Å². The smallest absolute Gasteiger partial charge is 0.255 e. The number of piperidine rings is 1. The topological polar surface area (TPSA) is 82.2 Å². The Kier molecular flexibility index (Phi) is 6.74. The molecule has 9 heteroatoms. The lowest BCUT2D eigenvalue weighted by atomic mass is 10.0. The molecule has 0 aliphatic carbocycles. The van der Waals surface area contributed by atoms with Gasteiger partial charge >= 0.3 is 0 Å². The van der Waals surface area contributed by atoms with Crippen LogP contribution in [0.5, 0.6) is 11.5 Å². The molecule has 200 valence electrons. The van der Waals surface area contributed by atoms with Gasteiger partial charge in [-0.2, -0.15) is 0 Å². The number of nitrogens with zero attached hydrogens (tertiary/aromatic N) is 3. The van der Waals surface area contributed by atoms with Crippen LogP contribution in [-0.2, 0) is 22.7 Å². The number of hydrogen-bond donors (Lipinski definition) is 1. The molecular formula is C30H29FN4O4. The van der Waals surface area contributed by atoms with E-state index >= 15 is 0 Å². The van der Waals surface area contributed by atoms with E-state index in [2.05, 4.69) is 21.2 Å². The zero-order valence-electron chi connectivity index (χ0n) is 21.4. The van der Waals surface area contributed by atoms with Gasteiger partial charge in [-0.25, -0.2) is 4.39 Å². The molecule has 0 aromatic heterocycles. The van der Waals surface area contributed by atoms with E-state index in [4.69, 9.17) is 4.74 Å². The number of carbonyl (C=O) groups is 3. The zero-order valence-corrected chi connectivity index (χ0v) is 21.4. The fourth-order valence-corrected chi connectivity index (χ4v) is 5.63. The SMILES string of the molecule is O=C1CCC(N2Cc3c(cc(F)cc3N3CCN(Cc4cccc(Oc5ccccc5)c4)CC3)C2=O)C(=O)N1. The van der Waals surface area contributed by atoms with Crippen molar-refractivity contribution in [2.24, 2.45) is 0 Å². The summed E-state index contributed by atoms with van der Waals surface area (Å²) in [5.74, 6) is -0.0587. The molecule has 1 atom stereocenters. The maximum Gasteiger partial charge on any atom is 0.255 e. The largest absolute Gasteiger partial charge is 0.457 e. The number of carbonyl (C=O) groups excluding carboxylic acids is 3. The number of para-hydroxylation sites is 1. The fraction of sp³-hybridized carbons (Fsp3) is 0.300. The molecule has 0 bridgehead atoms. The van der Waals surface area contributed by atoms with Gasteiger partial charge in [-0.1, -0.05) is 30.3 Å². The average Bonchev–Trinajstić information content (AvgIpc) is 3.25. The summed E-state index contributed by atoms with van der Waals surface area (Å²) in [5.41, 5.74) is 2.89. The van der Waals surface area contributed by atoms with Gasteiger partial charge in [0.1, 0.15) is 23.4 Å². The highest BCUT2D eigenvalue weighted by Gasteiger charge is 2.41. The number of rotatable bonds is 6. The summed E-state index contributed by atoms with van der Waals surface area (Å²) in [6.07, 6.45) is 0.458. The van der Waals surface area contributed by atoms with Crippen molar-refractivity contribution in [3.63, 3.8) is 0 Å². The Hall–Kier alpha value is -4.24. The minimum Gasteiger partial charge on any atom is -0.457 e. The van der Waals surface area contributed by atoms with Gasteiger partial charge in [0, 0.05) is 62.5 Å². The van der Waals surface area contributed by atoms with E-state index in [0.717, 1.165) is 42.3 Å². The van der Waals surface area contributed by atoms with Crippen molar-refractivity contribution in [2.75, 3.05) is 31.1 Å². The Balaban J connectivity index is 1.12. The van der Waals surface area contributed by atoms with E-state index in [-0.39, 0.29) is 31.2 Å². The molecule has 3 heterocycles. The van der Waals surface area contributed by atoms with Crippen LogP contribution in [0.15, 0.2) is 66.7 Å². The molecule has 0 spiro atoms. The second kappa shape index (κ2) is 10.5. The predicted molar refractivity (Wildman–Crippen MR) is 143 cm³/mol. The number of ether oxygens (including phenoxy) is 1. The molecule has 3 aliphatic heterocycles. The number of imide groups is 1. The molecule has 39 heavy (non-hydrogen) atoms. The second-order valence-corrected chi connectivity index (χ2v) is 10.2. The van der Waals surface area contributed by atoms with E-state index in [1.54, 1.807) is 0 Å². The number of anilines is 1. The van der Waals surface area contributed by atoms with Crippen LogP contribution in [0.3, 0.4) is 0 Å². The Morgan fingerprint density at radius 2 is 1.67 bits per heavy atom. The van der Waals surface area contributed by atoms with Crippen LogP contribution >= 0.6 is 0 Å². The van der Waals surface area contributed by atoms with E-state index in [0.29, 0.717) is 24.3 Å². The van der Waals surface area contributed by atoms with Crippen molar-refractivity contribution in [2.45, 2.75) is 32.0 Å². The maximum atomic E-state index is 14.7. The molecule has 3 amide bonds. The quantitative estimate of drug-likeness (QED) is 0.492. The molecule has 1 unspecified atom stereocenters. The van der Waals surface area contributed by atoms with Crippen LogP contribution in [0.25, 0.3) is 0 Å². The van der Waals surface area contributed by atoms with Crippen LogP contribution in [0.1, 0.15) is 34.3 Å². The van der Waals surface area contributed by atoms with Crippen molar-refractivity contribution >= 4 is 23.4 Å². The summed E-state index contributed by atoms with van der Waals surface area (Å²) in [6, 6.07) is 19.8. The minimum absolute atomic E-state index is 0.182. The molecule has 6 rings (SSSR count). The van der Waals surface area contributed by atoms with Crippen LogP contribution < -0.4 is 15.0 Å². The Morgan fingerprint density at radius 1 is 0.897 bits per heavy atom. The zero-order chi connectivity index (χ0) is 26.9. The Labute approximate surface area is 226 Å². The van der Waals surface area contributed by atoms with E-state index in [9.17, 15) is 18.8 Å². The van der Waals surface area contributed by atoms with Crippen LogP contribution in [0, 0.1) is 5.82 Å². The number of nitrogens with one attached hydrogen (secondary N) is 1. The lowest BCUT2D eigenvalue weighted by Gasteiger charge is -2.37. The average molecular weight is 529 g/mol. The van der Waals surface area contributed by atoms with Crippen molar-refractivity contribution in [1.29, 1.82) is 0 Å². The maximum absolute atomic E-state index is 14.7. The highest BCUT2D eigenvalue weighted by Crippen LogP contribution is 2.35. The lowest BCUT2D eigenvalue weighted by Crippen LogP contribution is -2.52. The summed E-state index contributed by atoms with van der Waals surface area (Å²) >= 11 is 0. The monoisotopic (exact) mass is 528 g/mol. The standard InChI is InChI=1S/C30H29FN4O4/c31-21-16-24-25(19-35(30(24)38)26-9-10-28(36)32-29(26)37)27(17-21)34-13-11-33(12-14-34)18-20-5-4-8-23(15-20)39-22-6-2-1-3-7-22/h1-8,15-17,26H,9-14,18-19H2,(H,32,36,37). The third-order valence-electron chi connectivity index (χ3n) is 7.59. The first kappa shape index (κ1) is 25.1. The van der Waals surface area contributed by atoms with Crippen LogP contribution in [0.2, 0.25) is 0 Å². The molecule has 3 aromatic rings. The molecule has 3 aliphatic rings. The molecule has 2 fully saturated rings. The number of benzene rings is 3. The van der Waals surface area contributed by atoms with Crippen LogP contribution in [-0.4, -0.2) is 59.7 Å². The molecule has 2 saturated heterocycles. The highest BCUT2D eigenvalue weighted by atomic mass is 19.1. The normalized spacial score (nSPS) is 19.7. The predicted octanol–water partition coefficient (Wildman–Crippen LogP) is 3.70. The van der Waals surface area contributed by atoms with Gasteiger partial charge < -0.3 is 14.5 Å². The van der Waals surface area contributed by atoms with Crippen molar-refractivity contribution in [3.8, 4) is 11.5 Å². The first-order valence-electron chi connectivity index (χ1n) is 13.2. The van der Waals surface area contributed by atoms with Crippen LogP contribution in [0.4, 0.5) is 10.1 Å². The molecule has 8 nitrogen and oxygen atoms in total. The summed E-state index contributed by atoms with van der Waals surface area (Å²) in [4.78, 5) is 43.1. The summed E-state index contributed by atoms with van der Waals surface area (Å²) in [7, 11) is 0. The Morgan fingerprint density at radius 3 is 2.44 bits per heavy atom. The highest BCUT2D eigenvalue weighted by molar-refractivity contribution is 6.06. The van der Waals surface area contributed by atoms with Crippen molar-refractivity contribution in [3.05, 3.63) is 89.2 Å². The van der Waals surface area contributed by atoms with E-state index in [1.807, 2.05) is 48.5 Å². The second-order valence-electron chi connectivity index (χ2n) is 10.2. The van der Waals surface area contributed by atoms with Gasteiger partial charge in [-0.15, -0.1) is 0 Å². The first-order valence-corrected chi connectivity index (χ1v) is 13.2. The van der Waals surface area contributed by atoms with Crippen molar-refractivity contribution in [1.82, 2.24) is 15.1 Å². The first-order chi connectivity index (χ1) is 18.9. The molecule has 0 saturated carbocycles. The summed E-state index contributed by atoms with van der Waals surface area (Å²) < 4.78 is 20.6. The summed E-state index contributed by atoms with van der Waals surface area (Å²) in [6.45, 7) is 3.92. The number of halogens is 1. The number of amides is 3. The minimum atomic E-state index is -0.725. The van der Waals surface area contributed by atoms with E-state index < -0.39 is 17.8 Å². The molecule has 1 N–H and O–H groups in total. The number of hydrogen-bond acceptors (Lipinski definition) is 6. The Bertz CT molecular complexity index is 1420. The van der Waals surface area contributed by atoms with E-state index in [1.165, 1.54) is 17.0 Å². The van der Waals surface area contributed by atoms with Gasteiger partial charge in [0.05, 0.1) is 0 Å². The lowest BCUT2D eigenvalue weighted by molar-refractivity contribution is -0.136. The van der Waals surface area contributed by atoms with Gasteiger partial charge in [0.15, 0.2) is 0 Å². The van der Waals surface area contributed by atoms with Gasteiger partial charge in [0.2, 0.25) is 11.8 Å². The number of piperazine rings is 1. The summed E-state index contributed by atoms with van der Waals surface area (Å²) in [5, 5.41) is 2.31. The fourth-order valence-electron chi connectivity index (χ4n) is 5.63. The third-order valence-corrected chi connectivity index (χ3v) is 7.59. The number of fused-ring (bicyclic) bond motifs is 1. The van der Waals surface area contributed by atoms with Gasteiger partial charge in [0.25, 0.3) is 5.91 Å². The molecule has 3 aromatic carbocycles. The van der Waals surface area contributed by atoms with Gasteiger partial charge in [-0.05, 0) is 48.4 Å².